The van der Waals surface area contributed by atoms with Crippen molar-refractivity contribution in [3.8, 4) is 0 Å². The molecule has 2 unspecified atom stereocenters. The molecular formula is C9H12O5. The third-order valence-electron chi connectivity index (χ3n) is 1.82. The standard InChI is InChI=1S/C9H12O5/c1-3-4-5-7-6(2)12-8(10)14-9(11)13-7/h3-4,6-7H,5H2,1-2H3. The summed E-state index contributed by atoms with van der Waals surface area (Å²) >= 11 is 0. The van der Waals surface area contributed by atoms with Gasteiger partial charge in [0.15, 0.2) is 0 Å². The molecule has 1 heterocycles. The van der Waals surface area contributed by atoms with E-state index in [1.54, 1.807) is 6.92 Å². The minimum absolute atomic E-state index is 0.481. The highest BCUT2D eigenvalue weighted by atomic mass is 16.8. The molecule has 0 spiro atoms. The molecule has 5 nitrogen and oxygen atoms in total. The first-order valence-electron chi connectivity index (χ1n) is 4.33. The molecule has 0 bridgehead atoms. The van der Waals surface area contributed by atoms with E-state index in [1.165, 1.54) is 0 Å². The second-order valence-corrected chi connectivity index (χ2v) is 2.89. The van der Waals surface area contributed by atoms with Crippen LogP contribution in [-0.4, -0.2) is 24.5 Å². The Kier molecular flexibility index (Phi) is 3.50. The number of carbonyl (C=O) groups excluding carboxylic acids is 2. The second kappa shape index (κ2) is 4.64. The molecule has 1 rings (SSSR count). The predicted octanol–water partition coefficient (Wildman–Crippen LogP) is 2.01. The van der Waals surface area contributed by atoms with Gasteiger partial charge in [-0.15, -0.1) is 0 Å². The summed E-state index contributed by atoms with van der Waals surface area (Å²) in [5, 5.41) is 0. The molecule has 2 atom stereocenters. The molecule has 1 fully saturated rings. The van der Waals surface area contributed by atoms with E-state index in [1.807, 2.05) is 19.1 Å². The van der Waals surface area contributed by atoms with E-state index in [-0.39, 0.29) is 0 Å². The molecule has 1 aliphatic rings. The minimum atomic E-state index is -1.01. The summed E-state index contributed by atoms with van der Waals surface area (Å²) in [4.78, 5) is 21.6. The van der Waals surface area contributed by atoms with Crippen LogP contribution in [0, 0.1) is 0 Å². The number of cyclic esters (lactones) is 4. The summed E-state index contributed by atoms with van der Waals surface area (Å²) < 4.78 is 13.7. The van der Waals surface area contributed by atoms with E-state index in [4.69, 9.17) is 9.47 Å². The molecule has 0 aromatic rings. The molecule has 1 saturated heterocycles. The Bertz CT molecular complexity index is 258. The number of hydrogen-bond acceptors (Lipinski definition) is 5. The summed E-state index contributed by atoms with van der Waals surface area (Å²) in [6.07, 6.45) is 1.16. The Labute approximate surface area is 81.6 Å². The summed E-state index contributed by atoms with van der Waals surface area (Å²) in [6, 6.07) is 0. The van der Waals surface area contributed by atoms with Crippen molar-refractivity contribution >= 4 is 12.3 Å². The van der Waals surface area contributed by atoms with Crippen molar-refractivity contribution in [1.29, 1.82) is 0 Å². The van der Waals surface area contributed by atoms with Gasteiger partial charge in [-0.05, 0) is 13.8 Å². The molecule has 0 saturated carbocycles. The Balaban J connectivity index is 2.63. The first kappa shape index (κ1) is 10.6. The van der Waals surface area contributed by atoms with Crippen molar-refractivity contribution in [2.45, 2.75) is 32.5 Å². The van der Waals surface area contributed by atoms with Crippen molar-refractivity contribution in [3.63, 3.8) is 0 Å². The van der Waals surface area contributed by atoms with Crippen molar-refractivity contribution in [2.24, 2.45) is 0 Å². The second-order valence-electron chi connectivity index (χ2n) is 2.89. The van der Waals surface area contributed by atoms with Gasteiger partial charge in [0, 0.05) is 6.42 Å². The van der Waals surface area contributed by atoms with E-state index in [0.717, 1.165) is 0 Å². The van der Waals surface area contributed by atoms with Gasteiger partial charge in [-0.2, -0.15) is 0 Å². The maximum Gasteiger partial charge on any atom is 0.519 e. The van der Waals surface area contributed by atoms with Crippen LogP contribution in [0.25, 0.3) is 0 Å². The third-order valence-corrected chi connectivity index (χ3v) is 1.82. The lowest BCUT2D eigenvalue weighted by Gasteiger charge is -2.16. The van der Waals surface area contributed by atoms with Gasteiger partial charge < -0.3 is 14.2 Å². The van der Waals surface area contributed by atoms with E-state index in [9.17, 15) is 9.59 Å². The number of carbonyl (C=O) groups is 2. The van der Waals surface area contributed by atoms with Gasteiger partial charge in [0.25, 0.3) is 0 Å². The third kappa shape index (κ3) is 2.76. The smallest absolute Gasteiger partial charge is 0.427 e. The molecular weight excluding hydrogens is 188 g/mol. The van der Waals surface area contributed by atoms with Crippen molar-refractivity contribution < 1.29 is 23.8 Å². The average molecular weight is 200 g/mol. The normalized spacial score (nSPS) is 27.9. The molecule has 1 aliphatic heterocycles. The Hall–Kier alpha value is -1.52. The fourth-order valence-corrected chi connectivity index (χ4v) is 1.07. The molecule has 5 heteroatoms. The molecule has 0 aliphatic carbocycles. The fourth-order valence-electron chi connectivity index (χ4n) is 1.07. The fraction of sp³-hybridized carbons (Fsp3) is 0.556. The van der Waals surface area contributed by atoms with Gasteiger partial charge >= 0.3 is 12.3 Å². The SMILES string of the molecule is CC=CCC1OC(=O)OC(=O)OC1C. The van der Waals surface area contributed by atoms with Gasteiger partial charge in [-0.1, -0.05) is 12.2 Å². The highest BCUT2D eigenvalue weighted by Gasteiger charge is 2.31. The van der Waals surface area contributed by atoms with Crippen LogP contribution in [0.1, 0.15) is 20.3 Å². The lowest BCUT2D eigenvalue weighted by atomic mass is 10.1. The number of hydrogen-bond donors (Lipinski definition) is 0. The van der Waals surface area contributed by atoms with Gasteiger partial charge in [0.05, 0.1) is 0 Å². The average Bonchev–Trinajstić information content (AvgIpc) is 2.21. The molecule has 78 valence electrons. The molecule has 0 N–H and O–H groups in total. The Morgan fingerprint density at radius 1 is 1.29 bits per heavy atom. The highest BCUT2D eigenvalue weighted by Crippen LogP contribution is 2.15. The van der Waals surface area contributed by atoms with E-state index in [2.05, 4.69) is 4.74 Å². The topological polar surface area (TPSA) is 61.8 Å². The molecule has 0 aromatic heterocycles. The lowest BCUT2D eigenvalue weighted by Crippen LogP contribution is -2.27. The Morgan fingerprint density at radius 3 is 2.57 bits per heavy atom. The van der Waals surface area contributed by atoms with Crippen LogP contribution in [0.5, 0.6) is 0 Å². The molecule has 0 aromatic carbocycles. The monoisotopic (exact) mass is 200 g/mol. The van der Waals surface area contributed by atoms with Crippen LogP contribution in [0.4, 0.5) is 9.59 Å². The zero-order valence-corrected chi connectivity index (χ0v) is 8.06. The number of allylic oxidation sites excluding steroid dienone is 1. The van der Waals surface area contributed by atoms with Gasteiger partial charge in [0.2, 0.25) is 0 Å². The maximum atomic E-state index is 10.8. The predicted molar refractivity (Wildman–Crippen MR) is 46.7 cm³/mol. The number of rotatable bonds is 2. The van der Waals surface area contributed by atoms with E-state index < -0.39 is 24.5 Å². The van der Waals surface area contributed by atoms with E-state index in [0.29, 0.717) is 6.42 Å². The van der Waals surface area contributed by atoms with Crippen LogP contribution in [0.15, 0.2) is 12.2 Å². The molecule has 0 radical (unpaired) electrons. The molecule has 0 amide bonds. The summed E-state index contributed by atoms with van der Waals surface area (Å²) in [6.45, 7) is 3.50. The number of ether oxygens (including phenoxy) is 3. The molecule has 14 heavy (non-hydrogen) atoms. The van der Waals surface area contributed by atoms with Crippen LogP contribution in [0.3, 0.4) is 0 Å². The first-order chi connectivity index (χ1) is 6.63. The van der Waals surface area contributed by atoms with Gasteiger partial charge in [-0.25, -0.2) is 9.59 Å². The van der Waals surface area contributed by atoms with Gasteiger partial charge in [-0.3, -0.25) is 0 Å². The Morgan fingerprint density at radius 2 is 1.93 bits per heavy atom. The minimum Gasteiger partial charge on any atom is -0.427 e. The van der Waals surface area contributed by atoms with Gasteiger partial charge in [0.1, 0.15) is 12.2 Å². The van der Waals surface area contributed by atoms with Crippen molar-refractivity contribution in [3.05, 3.63) is 12.2 Å². The highest BCUT2D eigenvalue weighted by molar-refractivity contribution is 5.77. The first-order valence-corrected chi connectivity index (χ1v) is 4.33. The summed E-state index contributed by atoms with van der Waals surface area (Å²) in [7, 11) is 0. The summed E-state index contributed by atoms with van der Waals surface area (Å²) in [5.41, 5.74) is 0. The largest absolute Gasteiger partial charge is 0.519 e. The van der Waals surface area contributed by atoms with Crippen LogP contribution in [0.2, 0.25) is 0 Å². The summed E-state index contributed by atoms with van der Waals surface area (Å²) in [5.74, 6) is 0. The van der Waals surface area contributed by atoms with Crippen LogP contribution >= 0.6 is 0 Å². The zero-order chi connectivity index (χ0) is 10.6. The quantitative estimate of drug-likeness (QED) is 0.387. The van der Waals surface area contributed by atoms with Crippen molar-refractivity contribution in [2.75, 3.05) is 0 Å². The van der Waals surface area contributed by atoms with E-state index >= 15 is 0 Å². The lowest BCUT2D eigenvalue weighted by molar-refractivity contribution is 0.0247. The zero-order valence-electron chi connectivity index (χ0n) is 8.06. The van der Waals surface area contributed by atoms with Crippen LogP contribution < -0.4 is 0 Å². The van der Waals surface area contributed by atoms with Crippen molar-refractivity contribution in [1.82, 2.24) is 0 Å². The maximum absolute atomic E-state index is 10.8. The van der Waals surface area contributed by atoms with Crippen LogP contribution in [-0.2, 0) is 14.2 Å².